The summed E-state index contributed by atoms with van der Waals surface area (Å²) in [7, 11) is 0. The molecule has 0 heterocycles. The molecule has 0 bridgehead atoms. The third-order valence-electron chi connectivity index (χ3n) is 6.96. The van der Waals surface area contributed by atoms with E-state index in [9.17, 15) is 39.0 Å². The predicted octanol–water partition coefficient (Wildman–Crippen LogP) is -3.27. The fourth-order valence-electron chi connectivity index (χ4n) is 4.48. The van der Waals surface area contributed by atoms with Crippen molar-refractivity contribution in [2.24, 2.45) is 34.8 Å². The molecule has 7 atom stereocenters. The lowest BCUT2D eigenvalue weighted by molar-refractivity contribution is -0.145. The van der Waals surface area contributed by atoms with E-state index in [0.29, 0.717) is 6.42 Å². The summed E-state index contributed by atoms with van der Waals surface area (Å²) in [4.78, 5) is 77.1. The molecule has 46 heavy (non-hydrogen) atoms. The lowest BCUT2D eigenvalue weighted by Gasteiger charge is -2.28. The number of carbonyl (C=O) groups excluding carboxylic acids is 5. The summed E-state index contributed by atoms with van der Waals surface area (Å²) in [5.74, 6) is -5.06. The molecule has 17 nitrogen and oxygen atoms in total. The van der Waals surface area contributed by atoms with Crippen molar-refractivity contribution < 1.29 is 39.0 Å². The Morgan fingerprint density at radius 1 is 0.565 bits per heavy atom. The largest absolute Gasteiger partial charge is 0.480 e. The van der Waals surface area contributed by atoms with Crippen LogP contribution in [-0.4, -0.2) is 108 Å². The standard InChI is InChI=1S/C29H57N9O8/c1-15(2)13-21(27(43)35-20(9-12-32)26(42)38-23(17(5)39)29(45)46)37-28(44)22(14-16(3)4)36-25(41)19(7-6-10-30)34-24(40)18(33)8-11-31/h15-23,39H,6-14,30-33H2,1-5H3,(H,34,40)(H,35,43)(H,36,41)(H,37,44)(H,38,42)(H,45,46)/t17-,18+,19+,20+,21+,22-,23+/m1/s1. The van der Waals surface area contributed by atoms with E-state index in [1.54, 1.807) is 0 Å². The number of rotatable bonds is 23. The zero-order valence-corrected chi connectivity index (χ0v) is 27.7. The summed E-state index contributed by atoms with van der Waals surface area (Å²) >= 11 is 0. The van der Waals surface area contributed by atoms with Crippen LogP contribution in [0.25, 0.3) is 0 Å². The van der Waals surface area contributed by atoms with Crippen LogP contribution in [0.3, 0.4) is 0 Å². The molecule has 15 N–H and O–H groups in total. The number of carboxylic acid groups (broad SMARTS) is 1. The number of aliphatic carboxylic acids is 1. The number of carbonyl (C=O) groups is 6. The summed E-state index contributed by atoms with van der Waals surface area (Å²) in [5, 5.41) is 31.7. The van der Waals surface area contributed by atoms with Crippen molar-refractivity contribution in [3.63, 3.8) is 0 Å². The second-order valence-electron chi connectivity index (χ2n) is 12.3. The molecule has 0 aliphatic heterocycles. The number of aliphatic hydroxyl groups is 1. The first-order valence-corrected chi connectivity index (χ1v) is 15.8. The van der Waals surface area contributed by atoms with Gasteiger partial charge in [0.05, 0.1) is 12.1 Å². The molecule has 0 aromatic rings. The first-order valence-electron chi connectivity index (χ1n) is 15.8. The van der Waals surface area contributed by atoms with Crippen molar-refractivity contribution in [3.8, 4) is 0 Å². The van der Waals surface area contributed by atoms with Crippen molar-refractivity contribution in [1.82, 2.24) is 26.6 Å². The number of hydrogen-bond acceptors (Lipinski definition) is 11. The summed E-state index contributed by atoms with van der Waals surface area (Å²) in [6, 6.07) is -7.05. The van der Waals surface area contributed by atoms with Gasteiger partial charge in [0.25, 0.3) is 0 Å². The van der Waals surface area contributed by atoms with Crippen molar-refractivity contribution in [2.45, 2.75) is 115 Å². The average molecular weight is 660 g/mol. The molecule has 0 spiro atoms. The highest BCUT2D eigenvalue weighted by Crippen LogP contribution is 2.11. The minimum atomic E-state index is -1.62. The van der Waals surface area contributed by atoms with Gasteiger partial charge in [0.1, 0.15) is 24.2 Å². The summed E-state index contributed by atoms with van der Waals surface area (Å²) in [6.07, 6.45) is -0.290. The Morgan fingerprint density at radius 2 is 0.957 bits per heavy atom. The fourth-order valence-corrected chi connectivity index (χ4v) is 4.48. The SMILES string of the molecule is CC(C)C[C@H](NC(=O)[C@@H](CC(C)C)NC(=O)[C@H](CCCN)NC(=O)[C@@H](N)CCN)C(=O)N[C@@H](CCN)C(=O)N[C@H](C(=O)O)[C@@H](C)O. The topological polar surface area (TPSA) is 307 Å². The Kier molecular flexibility index (Phi) is 20.6. The molecular formula is C29H57N9O8. The molecule has 0 saturated carbocycles. The third kappa shape index (κ3) is 16.3. The van der Waals surface area contributed by atoms with Crippen molar-refractivity contribution in [2.75, 3.05) is 19.6 Å². The van der Waals surface area contributed by atoms with Gasteiger partial charge in [0, 0.05) is 0 Å². The minimum Gasteiger partial charge on any atom is -0.480 e. The van der Waals surface area contributed by atoms with Crippen LogP contribution in [0, 0.1) is 11.8 Å². The molecule has 0 unspecified atom stereocenters. The number of nitrogens with two attached hydrogens (primary N) is 4. The first kappa shape index (κ1) is 42.6. The normalized spacial score (nSPS) is 15.9. The lowest BCUT2D eigenvalue weighted by Crippen LogP contribution is -2.60. The average Bonchev–Trinajstić information content (AvgIpc) is 2.95. The molecule has 0 rings (SSSR count). The molecule has 0 saturated heterocycles. The Morgan fingerprint density at radius 3 is 1.35 bits per heavy atom. The van der Waals surface area contributed by atoms with Gasteiger partial charge in [-0.2, -0.15) is 0 Å². The fraction of sp³-hybridized carbons (Fsp3) is 0.793. The number of carboxylic acids is 1. The summed E-state index contributed by atoms with van der Waals surface area (Å²) in [5.41, 5.74) is 22.6. The smallest absolute Gasteiger partial charge is 0.328 e. The molecule has 0 aliphatic carbocycles. The monoisotopic (exact) mass is 659 g/mol. The zero-order valence-electron chi connectivity index (χ0n) is 27.7. The Bertz CT molecular complexity index is 996. The number of nitrogens with one attached hydrogen (secondary N) is 5. The van der Waals surface area contributed by atoms with E-state index in [1.807, 2.05) is 27.7 Å². The molecule has 0 aliphatic rings. The third-order valence-corrected chi connectivity index (χ3v) is 6.96. The Hall–Kier alpha value is -3.38. The van der Waals surface area contributed by atoms with Crippen LogP contribution < -0.4 is 49.5 Å². The van der Waals surface area contributed by atoms with E-state index in [0.717, 1.165) is 0 Å². The molecule has 0 radical (unpaired) electrons. The summed E-state index contributed by atoms with van der Waals surface area (Å²) in [6.45, 7) is 8.94. The maximum absolute atomic E-state index is 13.6. The zero-order chi connectivity index (χ0) is 35.6. The second-order valence-corrected chi connectivity index (χ2v) is 12.3. The Labute approximate surface area is 271 Å². The van der Waals surface area contributed by atoms with Crippen LogP contribution >= 0.6 is 0 Å². The van der Waals surface area contributed by atoms with Gasteiger partial charge >= 0.3 is 5.97 Å². The molecule has 266 valence electrons. The van der Waals surface area contributed by atoms with Crippen LogP contribution in [-0.2, 0) is 28.8 Å². The molecule has 0 aromatic heterocycles. The van der Waals surface area contributed by atoms with Gasteiger partial charge in [-0.1, -0.05) is 27.7 Å². The van der Waals surface area contributed by atoms with Crippen molar-refractivity contribution in [3.05, 3.63) is 0 Å². The second kappa shape index (κ2) is 22.2. The number of hydrogen-bond donors (Lipinski definition) is 11. The van der Waals surface area contributed by atoms with Gasteiger partial charge in [-0.3, -0.25) is 24.0 Å². The van der Waals surface area contributed by atoms with E-state index in [-0.39, 0.29) is 63.6 Å². The van der Waals surface area contributed by atoms with Crippen molar-refractivity contribution >= 4 is 35.5 Å². The maximum atomic E-state index is 13.6. The lowest BCUT2D eigenvalue weighted by atomic mass is 9.99. The highest BCUT2D eigenvalue weighted by molar-refractivity contribution is 5.96. The highest BCUT2D eigenvalue weighted by atomic mass is 16.4. The van der Waals surface area contributed by atoms with Gasteiger partial charge in [0.2, 0.25) is 29.5 Å². The van der Waals surface area contributed by atoms with Crippen LogP contribution in [0.2, 0.25) is 0 Å². The molecule has 0 aromatic carbocycles. The molecular weight excluding hydrogens is 602 g/mol. The first-order chi connectivity index (χ1) is 21.5. The van der Waals surface area contributed by atoms with Gasteiger partial charge in [-0.15, -0.1) is 0 Å². The van der Waals surface area contributed by atoms with Crippen LogP contribution in [0.5, 0.6) is 0 Å². The van der Waals surface area contributed by atoms with E-state index < -0.39 is 77.9 Å². The quantitative estimate of drug-likeness (QED) is 0.0515. The van der Waals surface area contributed by atoms with Crippen LogP contribution in [0.4, 0.5) is 0 Å². The molecule has 17 heteroatoms. The van der Waals surface area contributed by atoms with Gasteiger partial charge in [0.15, 0.2) is 6.04 Å². The van der Waals surface area contributed by atoms with Crippen LogP contribution in [0.1, 0.15) is 73.1 Å². The Balaban J connectivity index is 5.99. The van der Waals surface area contributed by atoms with Gasteiger partial charge in [-0.05, 0) is 76.9 Å². The molecule has 5 amide bonds. The predicted molar refractivity (Wildman–Crippen MR) is 171 cm³/mol. The van der Waals surface area contributed by atoms with E-state index in [4.69, 9.17) is 22.9 Å². The summed E-state index contributed by atoms with van der Waals surface area (Å²) < 4.78 is 0. The maximum Gasteiger partial charge on any atom is 0.328 e. The van der Waals surface area contributed by atoms with Gasteiger partial charge < -0.3 is 59.7 Å². The minimum absolute atomic E-state index is 0.0343. The highest BCUT2D eigenvalue weighted by Gasteiger charge is 2.33. The number of amides is 5. The van der Waals surface area contributed by atoms with Gasteiger partial charge in [-0.25, -0.2) is 4.79 Å². The molecule has 0 fully saturated rings. The van der Waals surface area contributed by atoms with E-state index in [2.05, 4.69) is 26.6 Å². The number of aliphatic hydroxyl groups excluding tert-OH is 1. The van der Waals surface area contributed by atoms with E-state index >= 15 is 0 Å². The van der Waals surface area contributed by atoms with Crippen molar-refractivity contribution in [1.29, 1.82) is 0 Å². The van der Waals surface area contributed by atoms with Crippen LogP contribution in [0.15, 0.2) is 0 Å². The van der Waals surface area contributed by atoms with E-state index in [1.165, 1.54) is 6.92 Å².